The summed E-state index contributed by atoms with van der Waals surface area (Å²) < 4.78 is 38.3. The first-order chi connectivity index (χ1) is 8.99. The molecular formula is C13H14F3NO3. The summed E-state index contributed by atoms with van der Waals surface area (Å²) in [5, 5.41) is 10.3. The van der Waals surface area contributed by atoms with Crippen LogP contribution in [0.15, 0.2) is 18.2 Å². The second-order valence-corrected chi connectivity index (χ2v) is 4.68. The van der Waals surface area contributed by atoms with Crippen LogP contribution in [0, 0.1) is 13.8 Å². The Balaban J connectivity index is 3.09. The van der Waals surface area contributed by atoms with E-state index in [4.69, 9.17) is 5.11 Å². The van der Waals surface area contributed by atoms with E-state index in [1.54, 1.807) is 19.9 Å². The zero-order valence-corrected chi connectivity index (χ0v) is 11.1. The molecule has 1 rings (SSSR count). The number of amides is 1. The Kier molecular flexibility index (Phi) is 4.12. The van der Waals surface area contributed by atoms with Gasteiger partial charge in [0.15, 0.2) is 0 Å². The van der Waals surface area contributed by atoms with Crippen molar-refractivity contribution in [2.45, 2.75) is 32.5 Å². The number of aryl methyl sites for hydroxylation is 2. The van der Waals surface area contributed by atoms with Gasteiger partial charge in [0, 0.05) is 5.56 Å². The van der Waals surface area contributed by atoms with Gasteiger partial charge in [0.25, 0.3) is 5.91 Å². The summed E-state index contributed by atoms with van der Waals surface area (Å²) in [6.07, 6.45) is -5.10. The van der Waals surface area contributed by atoms with Gasteiger partial charge in [-0.2, -0.15) is 13.2 Å². The summed E-state index contributed by atoms with van der Waals surface area (Å²) in [6, 6.07) is 4.33. The number of carboxylic acid groups (broad SMARTS) is 1. The van der Waals surface area contributed by atoms with Crippen LogP contribution in [0.3, 0.4) is 0 Å². The number of rotatable bonds is 3. The maximum Gasteiger partial charge on any atom is 0.422 e. The molecule has 7 heteroatoms. The molecule has 0 radical (unpaired) electrons. The van der Waals surface area contributed by atoms with Gasteiger partial charge >= 0.3 is 12.1 Å². The number of aliphatic carboxylic acids is 1. The fourth-order valence-electron chi connectivity index (χ4n) is 1.43. The van der Waals surface area contributed by atoms with Crippen LogP contribution in [0.4, 0.5) is 13.2 Å². The second kappa shape index (κ2) is 5.15. The summed E-state index contributed by atoms with van der Waals surface area (Å²) >= 11 is 0. The molecule has 2 N–H and O–H groups in total. The molecule has 20 heavy (non-hydrogen) atoms. The highest BCUT2D eigenvalue weighted by Crippen LogP contribution is 2.30. The van der Waals surface area contributed by atoms with E-state index < -0.39 is 23.6 Å². The second-order valence-electron chi connectivity index (χ2n) is 4.68. The van der Waals surface area contributed by atoms with Crippen molar-refractivity contribution in [3.8, 4) is 0 Å². The molecule has 0 bridgehead atoms. The Hall–Kier alpha value is -2.05. The number of carbonyl (C=O) groups excluding carboxylic acids is 1. The molecule has 1 aromatic carbocycles. The van der Waals surface area contributed by atoms with E-state index in [1.807, 2.05) is 0 Å². The molecule has 1 unspecified atom stereocenters. The van der Waals surface area contributed by atoms with E-state index in [9.17, 15) is 22.8 Å². The number of halogens is 3. The number of benzene rings is 1. The molecule has 0 aliphatic carbocycles. The third kappa shape index (κ3) is 2.92. The van der Waals surface area contributed by atoms with Gasteiger partial charge in [-0.05, 0) is 44.0 Å². The van der Waals surface area contributed by atoms with Crippen LogP contribution in [0.5, 0.6) is 0 Å². The van der Waals surface area contributed by atoms with Crippen LogP contribution in [0.25, 0.3) is 0 Å². The maximum atomic E-state index is 12.8. The lowest BCUT2D eigenvalue weighted by atomic mass is 10.00. The van der Waals surface area contributed by atoms with Crippen LogP contribution in [-0.4, -0.2) is 28.7 Å². The third-order valence-electron chi connectivity index (χ3n) is 3.13. The van der Waals surface area contributed by atoms with E-state index in [-0.39, 0.29) is 5.56 Å². The maximum absolute atomic E-state index is 12.8. The lowest BCUT2D eigenvalue weighted by Crippen LogP contribution is -2.61. The molecule has 110 valence electrons. The standard InChI is InChI=1S/C13H14F3NO3/c1-7-4-5-9(6-8(7)2)10(18)17-12(3,11(19)20)13(14,15)16/h4-6H,1-3H3,(H,17,18)(H,19,20). The molecule has 1 atom stereocenters. The minimum atomic E-state index is -5.10. The molecular weight excluding hydrogens is 275 g/mol. The van der Waals surface area contributed by atoms with Crippen molar-refractivity contribution >= 4 is 11.9 Å². The highest BCUT2D eigenvalue weighted by Gasteiger charge is 2.58. The van der Waals surface area contributed by atoms with Gasteiger partial charge in [-0.3, -0.25) is 4.79 Å². The van der Waals surface area contributed by atoms with E-state index in [0.29, 0.717) is 6.92 Å². The zero-order valence-electron chi connectivity index (χ0n) is 11.1. The van der Waals surface area contributed by atoms with Crippen molar-refractivity contribution in [1.82, 2.24) is 5.32 Å². The molecule has 4 nitrogen and oxygen atoms in total. The summed E-state index contributed by atoms with van der Waals surface area (Å²) in [4.78, 5) is 22.6. The fourth-order valence-corrected chi connectivity index (χ4v) is 1.43. The molecule has 0 fully saturated rings. The normalized spacial score (nSPS) is 14.5. The smallest absolute Gasteiger partial charge is 0.422 e. The monoisotopic (exact) mass is 289 g/mol. The van der Waals surface area contributed by atoms with Gasteiger partial charge in [0.1, 0.15) is 0 Å². The first-order valence-electron chi connectivity index (χ1n) is 5.69. The first kappa shape index (κ1) is 16.0. The molecule has 0 aliphatic rings. The molecule has 0 aliphatic heterocycles. The van der Waals surface area contributed by atoms with E-state index in [2.05, 4.69) is 0 Å². The lowest BCUT2D eigenvalue weighted by molar-refractivity contribution is -0.203. The van der Waals surface area contributed by atoms with Crippen molar-refractivity contribution in [1.29, 1.82) is 0 Å². The predicted molar refractivity (Wildman–Crippen MR) is 65.5 cm³/mol. The number of carbonyl (C=O) groups is 2. The SMILES string of the molecule is Cc1ccc(C(=O)NC(C)(C(=O)O)C(F)(F)F)cc1C. The lowest BCUT2D eigenvalue weighted by Gasteiger charge is -2.28. The zero-order chi connectivity index (χ0) is 15.7. The number of hydrogen-bond donors (Lipinski definition) is 2. The minimum Gasteiger partial charge on any atom is -0.479 e. The van der Waals surface area contributed by atoms with Crippen molar-refractivity contribution < 1.29 is 27.9 Å². The Morgan fingerprint density at radius 2 is 1.70 bits per heavy atom. The van der Waals surface area contributed by atoms with Gasteiger partial charge < -0.3 is 10.4 Å². The summed E-state index contributed by atoms with van der Waals surface area (Å²) in [6.45, 7) is 3.90. The number of carboxylic acids is 1. The van der Waals surface area contributed by atoms with Gasteiger partial charge in [-0.25, -0.2) is 4.79 Å². The molecule has 0 saturated heterocycles. The van der Waals surface area contributed by atoms with Gasteiger partial charge in [-0.15, -0.1) is 0 Å². The molecule has 0 aromatic heterocycles. The van der Waals surface area contributed by atoms with Crippen LogP contribution < -0.4 is 5.32 Å². The Bertz CT molecular complexity index is 554. The third-order valence-corrected chi connectivity index (χ3v) is 3.13. The molecule has 1 amide bonds. The average Bonchev–Trinajstić information content (AvgIpc) is 2.30. The van der Waals surface area contributed by atoms with Crippen molar-refractivity contribution in [3.05, 3.63) is 34.9 Å². The first-order valence-corrected chi connectivity index (χ1v) is 5.69. The quantitative estimate of drug-likeness (QED) is 0.898. The van der Waals surface area contributed by atoms with E-state index in [1.165, 1.54) is 17.4 Å². The largest absolute Gasteiger partial charge is 0.479 e. The van der Waals surface area contributed by atoms with E-state index in [0.717, 1.165) is 11.1 Å². The number of nitrogens with one attached hydrogen (secondary N) is 1. The number of hydrogen-bond acceptors (Lipinski definition) is 2. The van der Waals surface area contributed by atoms with Crippen LogP contribution in [0.1, 0.15) is 28.4 Å². The molecule has 0 saturated carbocycles. The molecule has 0 spiro atoms. The number of alkyl halides is 3. The van der Waals surface area contributed by atoms with Crippen molar-refractivity contribution in [2.24, 2.45) is 0 Å². The predicted octanol–water partition coefficient (Wildman–Crippen LogP) is 2.44. The minimum absolute atomic E-state index is 0.0233. The Morgan fingerprint density at radius 3 is 2.10 bits per heavy atom. The highest BCUT2D eigenvalue weighted by atomic mass is 19.4. The van der Waals surface area contributed by atoms with Crippen LogP contribution in [-0.2, 0) is 4.79 Å². The molecule has 1 aromatic rings. The highest BCUT2D eigenvalue weighted by molar-refractivity contribution is 5.98. The van der Waals surface area contributed by atoms with Crippen molar-refractivity contribution in [3.63, 3.8) is 0 Å². The van der Waals surface area contributed by atoms with Gasteiger partial charge in [0.2, 0.25) is 5.54 Å². The van der Waals surface area contributed by atoms with Crippen LogP contribution >= 0.6 is 0 Å². The van der Waals surface area contributed by atoms with Crippen molar-refractivity contribution in [2.75, 3.05) is 0 Å². The van der Waals surface area contributed by atoms with Crippen LogP contribution in [0.2, 0.25) is 0 Å². The molecule has 0 heterocycles. The fraction of sp³-hybridized carbons (Fsp3) is 0.385. The van der Waals surface area contributed by atoms with Gasteiger partial charge in [-0.1, -0.05) is 6.07 Å². The summed E-state index contributed by atoms with van der Waals surface area (Å²) in [7, 11) is 0. The summed E-state index contributed by atoms with van der Waals surface area (Å²) in [5.41, 5.74) is -1.76. The van der Waals surface area contributed by atoms with Gasteiger partial charge in [0.05, 0.1) is 0 Å². The summed E-state index contributed by atoms with van der Waals surface area (Å²) in [5.74, 6) is -3.25. The topological polar surface area (TPSA) is 66.4 Å². The average molecular weight is 289 g/mol. The Labute approximate surface area is 113 Å². The Morgan fingerprint density at radius 1 is 1.15 bits per heavy atom. The van der Waals surface area contributed by atoms with E-state index >= 15 is 0 Å².